The van der Waals surface area contributed by atoms with Crippen molar-refractivity contribution in [2.45, 2.75) is 52.5 Å². The Morgan fingerprint density at radius 2 is 1.86 bits per heavy atom. The van der Waals surface area contributed by atoms with Gasteiger partial charge in [0.25, 0.3) is 5.91 Å². The maximum absolute atomic E-state index is 13.1. The number of amides is 2. The number of aryl methyl sites for hydroxylation is 3. The van der Waals surface area contributed by atoms with Crippen molar-refractivity contribution in [3.05, 3.63) is 58.7 Å². The number of rotatable bonds is 5. The lowest BCUT2D eigenvalue weighted by Crippen LogP contribution is -2.53. The third kappa shape index (κ3) is 4.43. The summed E-state index contributed by atoms with van der Waals surface area (Å²) in [6.07, 6.45) is 2.56. The second-order valence-corrected chi connectivity index (χ2v) is 7.76. The number of phenolic OH excluding ortho intramolecular Hbond substituents is 1. The molecule has 3 N–H and O–H groups in total. The molecule has 1 heterocycles. The summed E-state index contributed by atoms with van der Waals surface area (Å²) in [7, 11) is 0. The number of para-hydroxylation sites is 1. The van der Waals surface area contributed by atoms with E-state index in [0.29, 0.717) is 13.0 Å². The Balaban J connectivity index is 1.66. The predicted molar refractivity (Wildman–Crippen MR) is 114 cm³/mol. The van der Waals surface area contributed by atoms with E-state index in [1.807, 2.05) is 38.1 Å². The number of hydrogen-bond acceptors (Lipinski definition) is 4. The van der Waals surface area contributed by atoms with E-state index in [4.69, 9.17) is 5.84 Å². The molecule has 29 heavy (non-hydrogen) atoms. The minimum atomic E-state index is -0.740. The molecule has 0 aromatic heterocycles. The first-order chi connectivity index (χ1) is 13.8. The quantitative estimate of drug-likeness (QED) is 0.463. The molecular weight excluding hydrogens is 366 g/mol. The molecule has 1 aliphatic heterocycles. The van der Waals surface area contributed by atoms with Crippen LogP contribution in [-0.2, 0) is 22.4 Å². The molecule has 6 nitrogen and oxygen atoms in total. The van der Waals surface area contributed by atoms with Crippen LogP contribution >= 0.6 is 0 Å². The standard InChI is InChI=1S/C23H29N3O3/c1-15-13-19(27)14-16(2)20(15)10-11-22(28)26(24)17(3)23(29)25-12-6-8-18-7-4-5-9-21(18)25/h4-5,7,9,13-14,17,27H,6,8,10-12,24H2,1-3H3/t17-/m0/s1. The molecule has 1 atom stereocenters. The lowest BCUT2D eigenvalue weighted by atomic mass is 9.98. The van der Waals surface area contributed by atoms with E-state index < -0.39 is 6.04 Å². The summed E-state index contributed by atoms with van der Waals surface area (Å²) in [6, 6.07) is 10.5. The molecule has 3 rings (SSSR count). The van der Waals surface area contributed by atoms with Crippen LogP contribution in [0.4, 0.5) is 5.69 Å². The lowest BCUT2D eigenvalue weighted by molar-refractivity contribution is -0.139. The number of carbonyl (C=O) groups excluding carboxylic acids is 2. The van der Waals surface area contributed by atoms with Crippen molar-refractivity contribution < 1.29 is 14.7 Å². The normalized spacial score (nSPS) is 14.3. The molecule has 0 saturated carbocycles. The lowest BCUT2D eigenvalue weighted by Gasteiger charge is -2.34. The molecule has 2 amide bonds. The van der Waals surface area contributed by atoms with E-state index >= 15 is 0 Å². The van der Waals surface area contributed by atoms with Crippen molar-refractivity contribution in [2.24, 2.45) is 5.84 Å². The number of nitrogens with zero attached hydrogens (tertiary/aromatic N) is 2. The minimum absolute atomic E-state index is 0.162. The molecule has 0 fully saturated rings. The molecule has 2 aromatic rings. The van der Waals surface area contributed by atoms with Gasteiger partial charge in [-0.2, -0.15) is 0 Å². The van der Waals surface area contributed by atoms with E-state index in [0.717, 1.165) is 45.8 Å². The van der Waals surface area contributed by atoms with Crippen LogP contribution in [0.15, 0.2) is 36.4 Å². The highest BCUT2D eigenvalue weighted by Crippen LogP contribution is 2.28. The van der Waals surface area contributed by atoms with Crippen LogP contribution in [0.25, 0.3) is 0 Å². The van der Waals surface area contributed by atoms with Gasteiger partial charge in [-0.25, -0.2) is 5.84 Å². The molecule has 0 unspecified atom stereocenters. The van der Waals surface area contributed by atoms with Gasteiger partial charge in [-0.1, -0.05) is 18.2 Å². The number of hydrogen-bond donors (Lipinski definition) is 2. The monoisotopic (exact) mass is 395 g/mol. The molecule has 0 aliphatic carbocycles. The van der Waals surface area contributed by atoms with Crippen molar-refractivity contribution in [2.75, 3.05) is 11.4 Å². The zero-order valence-corrected chi connectivity index (χ0v) is 17.3. The molecule has 0 spiro atoms. The fourth-order valence-corrected chi connectivity index (χ4v) is 4.05. The number of nitrogens with two attached hydrogens (primary N) is 1. The average Bonchev–Trinajstić information content (AvgIpc) is 2.70. The number of aromatic hydroxyl groups is 1. The number of benzene rings is 2. The Morgan fingerprint density at radius 3 is 2.55 bits per heavy atom. The fraction of sp³-hybridized carbons (Fsp3) is 0.391. The van der Waals surface area contributed by atoms with Crippen molar-refractivity contribution in [1.29, 1.82) is 0 Å². The molecule has 6 heteroatoms. The Kier molecular flexibility index (Phi) is 6.23. The third-order valence-corrected chi connectivity index (χ3v) is 5.71. The van der Waals surface area contributed by atoms with Crippen molar-refractivity contribution in [3.8, 4) is 5.75 Å². The van der Waals surface area contributed by atoms with E-state index in [-0.39, 0.29) is 24.0 Å². The van der Waals surface area contributed by atoms with Crippen LogP contribution < -0.4 is 10.7 Å². The van der Waals surface area contributed by atoms with Crippen LogP contribution in [0.3, 0.4) is 0 Å². The van der Waals surface area contributed by atoms with Crippen LogP contribution in [0, 0.1) is 13.8 Å². The first-order valence-corrected chi connectivity index (χ1v) is 10.0. The van der Waals surface area contributed by atoms with Gasteiger partial charge in [0.1, 0.15) is 11.8 Å². The summed E-state index contributed by atoms with van der Waals surface area (Å²) in [5.41, 5.74) is 4.95. The Morgan fingerprint density at radius 1 is 1.21 bits per heavy atom. The highest BCUT2D eigenvalue weighted by molar-refractivity contribution is 5.99. The number of fused-ring (bicyclic) bond motifs is 1. The molecule has 0 saturated heterocycles. The van der Waals surface area contributed by atoms with Crippen LogP contribution in [0.2, 0.25) is 0 Å². The third-order valence-electron chi connectivity index (χ3n) is 5.71. The maximum atomic E-state index is 13.1. The summed E-state index contributed by atoms with van der Waals surface area (Å²) >= 11 is 0. The summed E-state index contributed by atoms with van der Waals surface area (Å²) in [5.74, 6) is 5.83. The van der Waals surface area contributed by atoms with Gasteiger partial charge in [0.15, 0.2) is 0 Å². The van der Waals surface area contributed by atoms with Gasteiger partial charge in [-0.05, 0) is 80.5 Å². The van der Waals surface area contributed by atoms with Gasteiger partial charge in [-0.15, -0.1) is 0 Å². The van der Waals surface area contributed by atoms with E-state index in [1.54, 1.807) is 24.0 Å². The molecule has 0 radical (unpaired) electrons. The Labute approximate surface area is 171 Å². The van der Waals surface area contributed by atoms with Crippen LogP contribution in [-0.4, -0.2) is 34.5 Å². The predicted octanol–water partition coefficient (Wildman–Crippen LogP) is 3.01. The number of phenols is 1. The van der Waals surface area contributed by atoms with Gasteiger partial charge in [-0.3, -0.25) is 14.6 Å². The fourth-order valence-electron chi connectivity index (χ4n) is 4.05. The number of anilines is 1. The zero-order valence-electron chi connectivity index (χ0n) is 17.3. The average molecular weight is 396 g/mol. The van der Waals surface area contributed by atoms with Gasteiger partial charge < -0.3 is 10.0 Å². The largest absolute Gasteiger partial charge is 0.508 e. The Bertz CT molecular complexity index is 902. The first-order valence-electron chi connectivity index (χ1n) is 10.0. The van der Waals surface area contributed by atoms with Gasteiger partial charge in [0.2, 0.25) is 5.91 Å². The van der Waals surface area contributed by atoms with Gasteiger partial charge >= 0.3 is 0 Å². The second kappa shape index (κ2) is 8.66. The van der Waals surface area contributed by atoms with Gasteiger partial charge in [0, 0.05) is 18.7 Å². The first kappa shape index (κ1) is 20.9. The summed E-state index contributed by atoms with van der Waals surface area (Å²) in [5, 5.41) is 10.7. The van der Waals surface area contributed by atoms with Crippen LogP contribution in [0.1, 0.15) is 42.0 Å². The van der Waals surface area contributed by atoms with Crippen molar-refractivity contribution in [3.63, 3.8) is 0 Å². The van der Waals surface area contributed by atoms with Crippen LogP contribution in [0.5, 0.6) is 5.75 Å². The highest BCUT2D eigenvalue weighted by atomic mass is 16.3. The number of hydrazine groups is 1. The smallest absolute Gasteiger partial charge is 0.251 e. The summed E-state index contributed by atoms with van der Waals surface area (Å²) in [4.78, 5) is 27.5. The zero-order chi connectivity index (χ0) is 21.1. The minimum Gasteiger partial charge on any atom is -0.508 e. The molecular formula is C23H29N3O3. The van der Waals surface area contributed by atoms with Crippen molar-refractivity contribution >= 4 is 17.5 Å². The summed E-state index contributed by atoms with van der Waals surface area (Å²) in [6.45, 7) is 6.13. The molecule has 1 aliphatic rings. The number of carbonyl (C=O) groups is 2. The molecule has 0 bridgehead atoms. The van der Waals surface area contributed by atoms with E-state index in [9.17, 15) is 14.7 Å². The highest BCUT2D eigenvalue weighted by Gasteiger charge is 2.30. The molecule has 154 valence electrons. The molecule has 2 aromatic carbocycles. The Hall–Kier alpha value is -2.86. The van der Waals surface area contributed by atoms with Gasteiger partial charge in [0.05, 0.1) is 0 Å². The summed E-state index contributed by atoms with van der Waals surface area (Å²) < 4.78 is 0. The second-order valence-electron chi connectivity index (χ2n) is 7.76. The van der Waals surface area contributed by atoms with E-state index in [1.165, 1.54) is 0 Å². The van der Waals surface area contributed by atoms with E-state index in [2.05, 4.69) is 0 Å². The van der Waals surface area contributed by atoms with Crippen molar-refractivity contribution in [1.82, 2.24) is 5.01 Å². The maximum Gasteiger partial charge on any atom is 0.251 e. The SMILES string of the molecule is Cc1cc(O)cc(C)c1CCC(=O)N(N)[C@@H](C)C(=O)N1CCCc2ccccc21. The topological polar surface area (TPSA) is 86.9 Å².